The molecule has 2 N–H and O–H groups in total. The molecular formula is C30H35N7O2. The van der Waals surface area contributed by atoms with Gasteiger partial charge in [-0.2, -0.15) is 4.98 Å². The Bertz CT molecular complexity index is 1370. The summed E-state index contributed by atoms with van der Waals surface area (Å²) in [5, 5.41) is 6.18. The molecule has 0 saturated heterocycles. The Morgan fingerprint density at radius 3 is 2.28 bits per heavy atom. The number of amides is 1. The number of nitrogens with one attached hydrogen (secondary N) is 2. The first-order valence-corrected chi connectivity index (χ1v) is 13.0. The van der Waals surface area contributed by atoms with Crippen molar-refractivity contribution >= 4 is 23.7 Å². The van der Waals surface area contributed by atoms with Crippen LogP contribution in [0.15, 0.2) is 79.1 Å². The summed E-state index contributed by atoms with van der Waals surface area (Å²) >= 11 is 0. The van der Waals surface area contributed by atoms with Crippen molar-refractivity contribution < 1.29 is 9.53 Å². The van der Waals surface area contributed by atoms with Crippen LogP contribution in [0.2, 0.25) is 0 Å². The molecule has 0 radical (unpaired) electrons. The van der Waals surface area contributed by atoms with E-state index in [1.165, 1.54) is 5.56 Å². The second-order valence-electron chi connectivity index (χ2n) is 10.2. The normalized spacial score (nSPS) is 11.9. The van der Waals surface area contributed by atoms with Gasteiger partial charge in [-0.15, -0.1) is 0 Å². The van der Waals surface area contributed by atoms with Gasteiger partial charge in [0.25, 0.3) is 0 Å². The van der Waals surface area contributed by atoms with Gasteiger partial charge in [-0.25, -0.2) is 19.7 Å². The van der Waals surface area contributed by atoms with Crippen LogP contribution in [0.25, 0.3) is 11.4 Å². The highest BCUT2D eigenvalue weighted by Gasteiger charge is 2.18. The lowest BCUT2D eigenvalue weighted by molar-refractivity contribution is 0.0508. The summed E-state index contributed by atoms with van der Waals surface area (Å²) in [5.41, 5.74) is 2.61. The fraction of sp³-hybridized carbons (Fsp3) is 0.300. The van der Waals surface area contributed by atoms with Gasteiger partial charge in [0, 0.05) is 31.5 Å². The Kier molecular flexibility index (Phi) is 8.70. The number of anilines is 3. The molecule has 9 heteroatoms. The van der Waals surface area contributed by atoms with Crippen LogP contribution in [0.4, 0.5) is 22.4 Å². The molecule has 0 aliphatic rings. The zero-order valence-corrected chi connectivity index (χ0v) is 23.0. The Labute approximate surface area is 229 Å². The van der Waals surface area contributed by atoms with Crippen molar-refractivity contribution in [2.75, 3.05) is 23.8 Å². The van der Waals surface area contributed by atoms with E-state index in [-0.39, 0.29) is 6.04 Å². The van der Waals surface area contributed by atoms with Gasteiger partial charge in [-0.05, 0) is 57.4 Å². The smallest absolute Gasteiger partial charge is 0.408 e. The Hall–Kier alpha value is -4.53. The monoisotopic (exact) mass is 525 g/mol. The van der Waals surface area contributed by atoms with Gasteiger partial charge < -0.3 is 20.3 Å². The third kappa shape index (κ3) is 7.98. The van der Waals surface area contributed by atoms with Crippen LogP contribution < -0.4 is 15.5 Å². The van der Waals surface area contributed by atoms with Gasteiger partial charge in [-0.3, -0.25) is 0 Å². The zero-order valence-electron chi connectivity index (χ0n) is 23.0. The van der Waals surface area contributed by atoms with Gasteiger partial charge in [-0.1, -0.05) is 54.6 Å². The fourth-order valence-electron chi connectivity index (χ4n) is 3.86. The predicted octanol–water partition coefficient (Wildman–Crippen LogP) is 5.94. The minimum atomic E-state index is -0.527. The quantitative estimate of drug-likeness (QED) is 0.277. The molecule has 0 saturated carbocycles. The van der Waals surface area contributed by atoms with Gasteiger partial charge in [0.1, 0.15) is 17.2 Å². The van der Waals surface area contributed by atoms with Crippen molar-refractivity contribution in [1.29, 1.82) is 0 Å². The van der Waals surface area contributed by atoms with Crippen molar-refractivity contribution in [2.24, 2.45) is 0 Å². The van der Waals surface area contributed by atoms with Crippen LogP contribution >= 0.6 is 0 Å². The number of hydrogen-bond acceptors (Lipinski definition) is 8. The molecule has 202 valence electrons. The van der Waals surface area contributed by atoms with E-state index in [1.54, 1.807) is 12.4 Å². The molecule has 0 aliphatic heterocycles. The summed E-state index contributed by atoms with van der Waals surface area (Å²) in [6, 6.07) is 21.6. The number of hydrogen-bond donors (Lipinski definition) is 2. The standard InChI is InChI=1S/C30H35N7O2/c1-21(34-29(38)39-30(2,3)4)23-13-11-22(12-14-23)15-18-32-28-33-20-17-26(36-28)37(5)25-16-19-31-27(35-25)24-9-7-6-8-10-24/h6-14,16-17,19-21H,15,18H2,1-5H3,(H,34,38)(H,32,33,36). The van der Waals surface area contributed by atoms with Crippen molar-refractivity contribution in [2.45, 2.75) is 45.8 Å². The maximum atomic E-state index is 12.0. The van der Waals surface area contributed by atoms with Crippen LogP contribution in [0.3, 0.4) is 0 Å². The molecule has 4 aromatic rings. The predicted molar refractivity (Wildman–Crippen MR) is 154 cm³/mol. The van der Waals surface area contributed by atoms with Gasteiger partial charge in [0.2, 0.25) is 5.95 Å². The molecule has 39 heavy (non-hydrogen) atoms. The highest BCUT2D eigenvalue weighted by atomic mass is 16.6. The first kappa shape index (κ1) is 27.5. The van der Waals surface area contributed by atoms with Crippen molar-refractivity contribution in [3.63, 3.8) is 0 Å². The van der Waals surface area contributed by atoms with E-state index in [2.05, 4.69) is 37.7 Å². The van der Waals surface area contributed by atoms with Crippen molar-refractivity contribution in [3.05, 3.63) is 90.3 Å². The number of rotatable bonds is 9. The number of aromatic nitrogens is 4. The lowest BCUT2D eigenvalue weighted by Gasteiger charge is -2.22. The molecule has 0 bridgehead atoms. The van der Waals surface area contributed by atoms with E-state index in [0.29, 0.717) is 18.3 Å². The minimum absolute atomic E-state index is 0.154. The molecule has 1 atom stereocenters. The number of alkyl carbamates (subject to hydrolysis) is 1. The molecule has 2 aromatic heterocycles. The number of benzene rings is 2. The van der Waals surface area contributed by atoms with Gasteiger partial charge >= 0.3 is 6.09 Å². The number of carbonyl (C=O) groups excluding carboxylic acids is 1. The molecule has 0 spiro atoms. The molecule has 2 heterocycles. The Morgan fingerprint density at radius 2 is 1.59 bits per heavy atom. The van der Waals surface area contributed by atoms with Gasteiger partial charge in [0.05, 0.1) is 6.04 Å². The largest absolute Gasteiger partial charge is 0.444 e. The Morgan fingerprint density at radius 1 is 0.923 bits per heavy atom. The highest BCUT2D eigenvalue weighted by Crippen LogP contribution is 2.23. The average molecular weight is 526 g/mol. The lowest BCUT2D eigenvalue weighted by Crippen LogP contribution is -2.34. The number of carbonyl (C=O) groups is 1. The first-order chi connectivity index (χ1) is 18.7. The van der Waals surface area contributed by atoms with E-state index in [9.17, 15) is 4.79 Å². The summed E-state index contributed by atoms with van der Waals surface area (Å²) in [6.45, 7) is 8.15. The third-order valence-electron chi connectivity index (χ3n) is 5.91. The van der Waals surface area contributed by atoms with E-state index in [1.807, 2.05) is 94.2 Å². The van der Waals surface area contributed by atoms with Crippen LogP contribution in [0, 0.1) is 0 Å². The summed E-state index contributed by atoms with van der Waals surface area (Å²) in [7, 11) is 1.92. The second kappa shape index (κ2) is 12.3. The van der Waals surface area contributed by atoms with Crippen molar-refractivity contribution in [1.82, 2.24) is 25.3 Å². The maximum absolute atomic E-state index is 12.0. The molecule has 9 nitrogen and oxygen atoms in total. The van der Waals surface area contributed by atoms with Crippen LogP contribution in [0.5, 0.6) is 0 Å². The molecule has 0 aliphatic carbocycles. The summed E-state index contributed by atoms with van der Waals surface area (Å²) in [4.78, 5) is 32.1. The lowest BCUT2D eigenvalue weighted by atomic mass is 10.0. The van der Waals surface area contributed by atoms with E-state index in [0.717, 1.165) is 29.2 Å². The molecule has 4 rings (SSSR count). The summed E-state index contributed by atoms with van der Waals surface area (Å²) < 4.78 is 5.34. The summed E-state index contributed by atoms with van der Waals surface area (Å²) in [6.07, 6.45) is 3.85. The highest BCUT2D eigenvalue weighted by molar-refractivity contribution is 5.68. The van der Waals surface area contributed by atoms with Crippen LogP contribution in [-0.4, -0.2) is 45.2 Å². The fourth-order valence-corrected chi connectivity index (χ4v) is 3.86. The van der Waals surface area contributed by atoms with Crippen molar-refractivity contribution in [3.8, 4) is 11.4 Å². The van der Waals surface area contributed by atoms with Crippen LogP contribution in [0.1, 0.15) is 44.9 Å². The number of ether oxygens (including phenoxy) is 1. The molecule has 0 fully saturated rings. The molecule has 1 unspecified atom stereocenters. The topological polar surface area (TPSA) is 105 Å². The van der Waals surface area contributed by atoms with E-state index < -0.39 is 11.7 Å². The van der Waals surface area contributed by atoms with Crippen LogP contribution in [-0.2, 0) is 11.2 Å². The van der Waals surface area contributed by atoms with E-state index in [4.69, 9.17) is 9.72 Å². The van der Waals surface area contributed by atoms with E-state index >= 15 is 0 Å². The van der Waals surface area contributed by atoms with Gasteiger partial charge in [0.15, 0.2) is 5.82 Å². The molecular weight excluding hydrogens is 490 g/mol. The SMILES string of the molecule is CC(NC(=O)OC(C)(C)C)c1ccc(CCNc2nccc(N(C)c3ccnc(-c4ccccc4)n3)n2)cc1. The number of nitrogens with zero attached hydrogens (tertiary/aromatic N) is 5. The molecule has 2 aromatic carbocycles. The second-order valence-corrected chi connectivity index (χ2v) is 10.2. The maximum Gasteiger partial charge on any atom is 0.408 e. The zero-order chi connectivity index (χ0) is 27.8. The average Bonchev–Trinajstić information content (AvgIpc) is 2.92. The Balaban J connectivity index is 1.32. The minimum Gasteiger partial charge on any atom is -0.444 e. The first-order valence-electron chi connectivity index (χ1n) is 13.0. The molecule has 1 amide bonds. The summed E-state index contributed by atoms with van der Waals surface area (Å²) in [5.74, 6) is 2.67. The third-order valence-corrected chi connectivity index (χ3v) is 5.91.